The highest BCUT2D eigenvalue weighted by Gasteiger charge is 2.42. The molecule has 2 fully saturated rings. The van der Waals surface area contributed by atoms with E-state index in [-0.39, 0.29) is 0 Å². The van der Waals surface area contributed by atoms with Gasteiger partial charge in [-0.2, -0.15) is 0 Å². The molecule has 1 heteroatoms. The van der Waals surface area contributed by atoms with Crippen molar-refractivity contribution in [1.29, 1.82) is 0 Å². The second-order valence-electron chi connectivity index (χ2n) is 8.13. The summed E-state index contributed by atoms with van der Waals surface area (Å²) in [7, 11) is 0. The van der Waals surface area contributed by atoms with Crippen LogP contribution in [0.25, 0.3) is 11.1 Å². The maximum absolute atomic E-state index is 3.88. The monoisotopic (exact) mass is 366 g/mol. The van der Waals surface area contributed by atoms with E-state index in [9.17, 15) is 0 Å². The van der Waals surface area contributed by atoms with Crippen LogP contribution in [0.1, 0.15) is 60.6 Å². The van der Waals surface area contributed by atoms with Crippen LogP contribution in [0.3, 0.4) is 0 Å². The van der Waals surface area contributed by atoms with E-state index in [0.717, 1.165) is 23.7 Å². The number of rotatable bonds is 1. The maximum atomic E-state index is 3.88. The lowest BCUT2D eigenvalue weighted by Crippen LogP contribution is -2.25. The summed E-state index contributed by atoms with van der Waals surface area (Å²) in [6, 6.07) is 14.0. The molecule has 0 N–H and O–H groups in total. The zero-order chi connectivity index (χ0) is 15.6. The lowest BCUT2D eigenvalue weighted by Gasteiger charge is -2.38. The Hall–Kier alpha value is -1.08. The van der Waals surface area contributed by atoms with Crippen LogP contribution in [0.4, 0.5) is 0 Å². The van der Waals surface area contributed by atoms with E-state index in [2.05, 4.69) is 59.3 Å². The van der Waals surface area contributed by atoms with Crippen molar-refractivity contribution in [2.24, 2.45) is 11.8 Å². The minimum atomic E-state index is 0.818. The molecule has 4 bridgehead atoms. The first-order chi connectivity index (χ1) is 11.2. The van der Waals surface area contributed by atoms with Crippen molar-refractivity contribution in [3.63, 3.8) is 0 Å². The molecule has 0 heterocycles. The molecular weight excluding hydrogens is 344 g/mol. The third kappa shape index (κ3) is 2.31. The normalized spacial score (nSPS) is 31.0. The molecule has 4 aliphatic rings. The zero-order valence-corrected chi connectivity index (χ0v) is 15.3. The average molecular weight is 367 g/mol. The Bertz CT molecular complexity index is 744. The molecular formula is C22H23Br. The van der Waals surface area contributed by atoms with Crippen LogP contribution in [-0.4, -0.2) is 0 Å². The van der Waals surface area contributed by atoms with Gasteiger partial charge in [0.05, 0.1) is 0 Å². The molecule has 2 saturated carbocycles. The second-order valence-corrected chi connectivity index (χ2v) is 8.99. The summed E-state index contributed by atoms with van der Waals surface area (Å²) in [6.45, 7) is 2.16. The quantitative estimate of drug-likeness (QED) is 0.519. The van der Waals surface area contributed by atoms with Crippen molar-refractivity contribution in [3.8, 4) is 11.1 Å². The van der Waals surface area contributed by atoms with Crippen molar-refractivity contribution in [1.82, 2.24) is 0 Å². The topological polar surface area (TPSA) is 0 Å². The Kier molecular flexibility index (Phi) is 3.23. The third-order valence-electron chi connectivity index (χ3n) is 6.55. The van der Waals surface area contributed by atoms with Crippen LogP contribution in [0.5, 0.6) is 0 Å². The van der Waals surface area contributed by atoms with Gasteiger partial charge in [0.25, 0.3) is 0 Å². The highest BCUT2D eigenvalue weighted by atomic mass is 79.9. The van der Waals surface area contributed by atoms with E-state index in [1.165, 1.54) is 53.3 Å². The molecule has 23 heavy (non-hydrogen) atoms. The third-order valence-corrected chi connectivity index (χ3v) is 7.21. The van der Waals surface area contributed by atoms with E-state index in [1.807, 2.05) is 0 Å². The molecule has 0 saturated heterocycles. The van der Waals surface area contributed by atoms with Crippen LogP contribution < -0.4 is 0 Å². The molecule has 0 aromatic heterocycles. The van der Waals surface area contributed by atoms with Crippen molar-refractivity contribution in [3.05, 3.63) is 57.6 Å². The van der Waals surface area contributed by atoms with Gasteiger partial charge in [0, 0.05) is 4.47 Å². The molecule has 2 aromatic carbocycles. The van der Waals surface area contributed by atoms with Gasteiger partial charge < -0.3 is 0 Å². The predicted molar refractivity (Wildman–Crippen MR) is 99.9 cm³/mol. The molecule has 2 atom stereocenters. The SMILES string of the molecule is Cc1ccc(-c2cc3c(cc2Br)C2CC4CC(C2)CC3C4)cc1. The summed E-state index contributed by atoms with van der Waals surface area (Å²) in [5.74, 6) is 3.63. The Labute approximate surface area is 147 Å². The summed E-state index contributed by atoms with van der Waals surface area (Å²) < 4.78 is 1.28. The molecule has 0 amide bonds. The molecule has 2 unspecified atom stereocenters. The van der Waals surface area contributed by atoms with Crippen molar-refractivity contribution in [2.75, 3.05) is 0 Å². The molecule has 0 spiro atoms. The van der Waals surface area contributed by atoms with Crippen molar-refractivity contribution >= 4 is 15.9 Å². The Morgan fingerprint density at radius 2 is 1.35 bits per heavy atom. The lowest BCUT2D eigenvalue weighted by atomic mass is 9.67. The highest BCUT2D eigenvalue weighted by Crippen LogP contribution is 2.57. The maximum Gasteiger partial charge on any atom is 0.0256 e. The molecule has 0 radical (unpaired) electrons. The minimum absolute atomic E-state index is 0.818. The largest absolute Gasteiger partial charge is 0.0587 e. The minimum Gasteiger partial charge on any atom is -0.0587 e. The molecule has 0 aliphatic heterocycles. The molecule has 0 nitrogen and oxygen atoms in total. The first-order valence-corrected chi connectivity index (χ1v) is 9.87. The fraction of sp³-hybridized carbons (Fsp3) is 0.455. The smallest absolute Gasteiger partial charge is 0.0256 e. The number of benzene rings is 2. The van der Waals surface area contributed by atoms with Gasteiger partial charge in [-0.25, -0.2) is 0 Å². The summed E-state index contributed by atoms with van der Waals surface area (Å²) in [5.41, 5.74) is 7.40. The predicted octanol–water partition coefficient (Wildman–Crippen LogP) is 6.82. The number of halogens is 1. The molecule has 2 aromatic rings. The lowest BCUT2D eigenvalue weighted by molar-refractivity contribution is 0.166. The summed E-state index contributed by atoms with van der Waals surface area (Å²) in [5, 5.41) is 0. The van der Waals surface area contributed by atoms with E-state index in [1.54, 1.807) is 11.1 Å². The Morgan fingerprint density at radius 1 is 0.783 bits per heavy atom. The van der Waals surface area contributed by atoms with Gasteiger partial charge in [0.15, 0.2) is 0 Å². The second kappa shape index (κ2) is 5.21. The number of hydrogen-bond acceptors (Lipinski definition) is 0. The van der Waals surface area contributed by atoms with Gasteiger partial charge in [-0.3, -0.25) is 0 Å². The molecule has 4 aliphatic carbocycles. The van der Waals surface area contributed by atoms with Crippen LogP contribution in [-0.2, 0) is 0 Å². The highest BCUT2D eigenvalue weighted by molar-refractivity contribution is 9.10. The van der Waals surface area contributed by atoms with Gasteiger partial charge >= 0.3 is 0 Å². The van der Waals surface area contributed by atoms with Crippen LogP contribution in [0, 0.1) is 18.8 Å². The summed E-state index contributed by atoms with van der Waals surface area (Å²) in [6.07, 6.45) is 7.27. The van der Waals surface area contributed by atoms with Gasteiger partial charge in [0.2, 0.25) is 0 Å². The van der Waals surface area contributed by atoms with E-state index in [0.29, 0.717) is 0 Å². The van der Waals surface area contributed by atoms with E-state index < -0.39 is 0 Å². The summed E-state index contributed by atoms with van der Waals surface area (Å²) >= 11 is 3.88. The number of hydrogen-bond donors (Lipinski definition) is 0. The Morgan fingerprint density at radius 3 is 1.96 bits per heavy atom. The van der Waals surface area contributed by atoms with Crippen LogP contribution in [0.2, 0.25) is 0 Å². The standard InChI is InChI=1S/C22H23Br/c1-13-2-4-16(5-3-13)21-11-19-17-7-14-6-15(8-17)10-18(9-14)20(19)12-22(21)23/h2-5,11-12,14-15,17-18H,6-10H2,1H3. The van der Waals surface area contributed by atoms with Gasteiger partial charge in [-0.05, 0) is 97.1 Å². The molecule has 6 rings (SSSR count). The van der Waals surface area contributed by atoms with Gasteiger partial charge in [-0.15, -0.1) is 0 Å². The van der Waals surface area contributed by atoms with Crippen LogP contribution >= 0.6 is 15.9 Å². The Balaban J connectivity index is 1.66. The first-order valence-electron chi connectivity index (χ1n) is 9.07. The number of aryl methyl sites for hydroxylation is 1. The van der Waals surface area contributed by atoms with E-state index >= 15 is 0 Å². The van der Waals surface area contributed by atoms with Crippen molar-refractivity contribution in [2.45, 2.75) is 50.9 Å². The van der Waals surface area contributed by atoms with Crippen LogP contribution in [0.15, 0.2) is 40.9 Å². The van der Waals surface area contributed by atoms with Gasteiger partial charge in [0.1, 0.15) is 0 Å². The van der Waals surface area contributed by atoms with Gasteiger partial charge in [-0.1, -0.05) is 45.8 Å². The van der Waals surface area contributed by atoms with E-state index in [4.69, 9.17) is 0 Å². The van der Waals surface area contributed by atoms with Crippen molar-refractivity contribution < 1.29 is 0 Å². The summed E-state index contributed by atoms with van der Waals surface area (Å²) in [4.78, 5) is 0. The average Bonchev–Trinajstić information content (AvgIpc) is 2.69. The fourth-order valence-corrected chi connectivity index (χ4v) is 6.22. The fourth-order valence-electron chi connectivity index (χ4n) is 5.63. The zero-order valence-electron chi connectivity index (χ0n) is 13.7. The first kappa shape index (κ1) is 14.3. The molecule has 118 valence electrons.